The molecule has 1 N–H and O–H groups in total. The Labute approximate surface area is 215 Å². The van der Waals surface area contributed by atoms with Crippen LogP contribution in [0.5, 0.6) is 0 Å². The first-order valence-corrected chi connectivity index (χ1v) is 14.7. The number of hydrogen-bond acceptors (Lipinski definition) is 4. The van der Waals surface area contributed by atoms with Crippen LogP contribution in [0.2, 0.25) is 0 Å². The lowest BCUT2D eigenvalue weighted by atomic mass is 9.74. The highest BCUT2D eigenvalue weighted by atomic mass is 32.2. The van der Waals surface area contributed by atoms with Gasteiger partial charge in [-0.1, -0.05) is 61.4 Å². The van der Waals surface area contributed by atoms with Crippen LogP contribution in [0.3, 0.4) is 0 Å². The first-order chi connectivity index (χ1) is 17.3. The molecule has 5 rings (SSSR count). The van der Waals surface area contributed by atoms with Crippen molar-refractivity contribution < 1.29 is 4.79 Å². The van der Waals surface area contributed by atoms with Crippen LogP contribution >= 0.6 is 11.8 Å². The van der Waals surface area contributed by atoms with Gasteiger partial charge in [0.2, 0.25) is 5.91 Å². The molecule has 0 unspecified atom stereocenters. The molecule has 3 aliphatic rings. The van der Waals surface area contributed by atoms with Gasteiger partial charge in [-0.2, -0.15) is 0 Å². The Balaban J connectivity index is 1.06. The Morgan fingerprint density at radius 1 is 0.886 bits per heavy atom. The third-order valence-electron chi connectivity index (χ3n) is 8.32. The molecule has 1 amide bonds. The zero-order valence-electron chi connectivity index (χ0n) is 21.0. The molecule has 4 nitrogen and oxygen atoms in total. The van der Waals surface area contributed by atoms with Crippen molar-refractivity contribution in [1.82, 2.24) is 15.1 Å². The number of piperazine rings is 1. The molecule has 1 aliphatic carbocycles. The number of amides is 1. The zero-order chi connectivity index (χ0) is 23.9. The van der Waals surface area contributed by atoms with E-state index in [1.165, 1.54) is 47.5 Å². The predicted octanol–water partition coefficient (Wildman–Crippen LogP) is 5.40. The van der Waals surface area contributed by atoms with Crippen LogP contribution in [0.1, 0.15) is 55.7 Å². The van der Waals surface area contributed by atoms with Gasteiger partial charge in [-0.15, -0.1) is 11.8 Å². The van der Waals surface area contributed by atoms with Gasteiger partial charge in [0.1, 0.15) is 0 Å². The van der Waals surface area contributed by atoms with Gasteiger partial charge < -0.3 is 15.1 Å². The topological polar surface area (TPSA) is 35.6 Å². The molecule has 0 spiro atoms. The van der Waals surface area contributed by atoms with Crippen LogP contribution in [0, 0.1) is 11.8 Å². The summed E-state index contributed by atoms with van der Waals surface area (Å²) in [7, 11) is 0. The summed E-state index contributed by atoms with van der Waals surface area (Å²) in [6.45, 7) is 6.69. The van der Waals surface area contributed by atoms with Crippen molar-refractivity contribution in [3.63, 3.8) is 0 Å². The number of benzene rings is 2. The van der Waals surface area contributed by atoms with E-state index in [-0.39, 0.29) is 11.9 Å². The van der Waals surface area contributed by atoms with Crippen molar-refractivity contribution >= 4 is 17.7 Å². The first-order valence-electron chi connectivity index (χ1n) is 13.8. The number of carbonyl (C=O) groups excluding carboxylic acids is 1. The lowest BCUT2D eigenvalue weighted by Gasteiger charge is -2.36. The average molecular weight is 492 g/mol. The van der Waals surface area contributed by atoms with E-state index in [1.807, 2.05) is 11.8 Å². The summed E-state index contributed by atoms with van der Waals surface area (Å²) in [6.07, 6.45) is 7.93. The molecule has 2 aromatic rings. The summed E-state index contributed by atoms with van der Waals surface area (Å²) in [4.78, 5) is 19.6. The minimum Gasteiger partial charge on any atom is -0.349 e. The number of thioether (sulfide) groups is 1. The van der Waals surface area contributed by atoms with Crippen molar-refractivity contribution in [3.05, 3.63) is 65.7 Å². The highest BCUT2D eigenvalue weighted by Crippen LogP contribution is 2.46. The summed E-state index contributed by atoms with van der Waals surface area (Å²) in [5.74, 6) is 2.76. The van der Waals surface area contributed by atoms with E-state index in [0.717, 1.165) is 58.0 Å². The van der Waals surface area contributed by atoms with Crippen LogP contribution < -0.4 is 5.32 Å². The molecular formula is C30H41N3OS. The quantitative estimate of drug-likeness (QED) is 0.537. The van der Waals surface area contributed by atoms with Gasteiger partial charge in [0.05, 0.1) is 6.04 Å². The molecule has 0 bridgehead atoms. The lowest BCUT2D eigenvalue weighted by Crippen LogP contribution is -2.47. The van der Waals surface area contributed by atoms with E-state index in [1.54, 1.807) is 0 Å². The highest BCUT2D eigenvalue weighted by molar-refractivity contribution is 7.99. The monoisotopic (exact) mass is 491 g/mol. The maximum atomic E-state index is 13.1. The van der Waals surface area contributed by atoms with Crippen molar-refractivity contribution in [2.75, 3.05) is 45.0 Å². The van der Waals surface area contributed by atoms with Gasteiger partial charge >= 0.3 is 0 Å². The maximum absolute atomic E-state index is 13.1. The normalized spacial score (nSPS) is 25.3. The molecule has 5 heteroatoms. The minimum absolute atomic E-state index is 0.187. The van der Waals surface area contributed by atoms with E-state index >= 15 is 0 Å². The van der Waals surface area contributed by atoms with Crippen molar-refractivity contribution in [2.45, 2.75) is 55.9 Å². The fourth-order valence-electron chi connectivity index (χ4n) is 6.24. The third kappa shape index (κ3) is 6.69. The summed E-state index contributed by atoms with van der Waals surface area (Å²) in [5.41, 5.74) is 2.78. The largest absolute Gasteiger partial charge is 0.349 e. The van der Waals surface area contributed by atoms with Crippen LogP contribution in [0.4, 0.5) is 0 Å². The summed E-state index contributed by atoms with van der Waals surface area (Å²) < 4.78 is 0. The molecule has 0 radical (unpaired) electrons. The van der Waals surface area contributed by atoms with E-state index in [2.05, 4.69) is 69.7 Å². The van der Waals surface area contributed by atoms with Gasteiger partial charge in [0, 0.05) is 49.8 Å². The fourth-order valence-corrected chi connectivity index (χ4v) is 7.58. The summed E-state index contributed by atoms with van der Waals surface area (Å²) >= 11 is 2.00. The SMILES string of the molecule is O=C(CCCN1CCN(CCc2ccccc2)CC1)N[C@H]1c2ccccc2SC[C@@H]2CCCC[C@H]21. The smallest absolute Gasteiger partial charge is 0.220 e. The Morgan fingerprint density at radius 3 is 2.43 bits per heavy atom. The second-order valence-corrected chi connectivity index (χ2v) is 11.7. The summed E-state index contributed by atoms with van der Waals surface area (Å²) in [5, 5.41) is 3.51. The minimum atomic E-state index is 0.187. The second kappa shape index (κ2) is 12.4. The number of fused-ring (bicyclic) bond motifs is 2. The van der Waals surface area contributed by atoms with Crippen molar-refractivity contribution in [3.8, 4) is 0 Å². The van der Waals surface area contributed by atoms with E-state index < -0.39 is 0 Å². The van der Waals surface area contributed by atoms with E-state index in [9.17, 15) is 4.79 Å². The van der Waals surface area contributed by atoms with Crippen molar-refractivity contribution in [2.24, 2.45) is 11.8 Å². The second-order valence-electron chi connectivity index (χ2n) is 10.6. The van der Waals surface area contributed by atoms with Crippen LogP contribution in [-0.2, 0) is 11.2 Å². The predicted molar refractivity (Wildman–Crippen MR) is 146 cm³/mol. The number of carbonyl (C=O) groups is 1. The van der Waals surface area contributed by atoms with Crippen LogP contribution in [-0.4, -0.2) is 60.7 Å². The lowest BCUT2D eigenvalue weighted by molar-refractivity contribution is -0.122. The number of nitrogens with zero attached hydrogens (tertiary/aromatic N) is 2. The molecule has 2 aliphatic heterocycles. The Kier molecular flexibility index (Phi) is 8.82. The van der Waals surface area contributed by atoms with Gasteiger partial charge in [0.15, 0.2) is 0 Å². The third-order valence-corrected chi connectivity index (χ3v) is 9.60. The molecule has 3 atom stereocenters. The highest BCUT2D eigenvalue weighted by Gasteiger charge is 2.37. The molecular weight excluding hydrogens is 450 g/mol. The van der Waals surface area contributed by atoms with Gasteiger partial charge in [-0.25, -0.2) is 0 Å². The van der Waals surface area contributed by atoms with Gasteiger partial charge in [-0.05, 0) is 61.3 Å². The Bertz CT molecular complexity index is 944. The summed E-state index contributed by atoms with van der Waals surface area (Å²) in [6, 6.07) is 19.8. The standard InChI is InChI=1S/C30H41N3OS/c34-29(15-8-17-32-19-21-33(22-20-32)18-16-24-9-2-1-3-10-24)31-30-26-12-5-4-11-25(26)23-35-28-14-7-6-13-27(28)30/h1-3,6-7,9-10,13-14,25-26,30H,4-5,8,11-12,15-23H2,(H,31,34)/t25-,26+,30+/m0/s1. The number of nitrogens with one attached hydrogen (secondary N) is 1. The van der Waals surface area contributed by atoms with Crippen molar-refractivity contribution in [1.29, 1.82) is 0 Å². The number of rotatable bonds is 8. The van der Waals surface area contributed by atoms with Gasteiger partial charge in [-0.3, -0.25) is 4.79 Å². The molecule has 35 heavy (non-hydrogen) atoms. The average Bonchev–Trinajstić information content (AvgIpc) is 3.06. The zero-order valence-corrected chi connectivity index (χ0v) is 21.9. The fraction of sp³-hybridized carbons (Fsp3) is 0.567. The number of hydrogen-bond donors (Lipinski definition) is 1. The van der Waals surface area contributed by atoms with E-state index in [4.69, 9.17) is 0 Å². The Hall–Kier alpha value is -1.82. The molecule has 1 saturated carbocycles. The maximum Gasteiger partial charge on any atom is 0.220 e. The molecule has 188 valence electrons. The molecule has 2 heterocycles. The van der Waals surface area contributed by atoms with Gasteiger partial charge in [0.25, 0.3) is 0 Å². The van der Waals surface area contributed by atoms with Crippen LogP contribution in [0.15, 0.2) is 59.5 Å². The molecule has 2 aromatic carbocycles. The van der Waals surface area contributed by atoms with E-state index in [0.29, 0.717) is 12.3 Å². The molecule has 1 saturated heterocycles. The Morgan fingerprint density at radius 2 is 1.60 bits per heavy atom. The first kappa shape index (κ1) is 24.9. The molecule has 0 aromatic heterocycles. The molecule has 2 fully saturated rings. The van der Waals surface area contributed by atoms with Crippen LogP contribution in [0.25, 0.3) is 0 Å².